The van der Waals surface area contributed by atoms with E-state index in [9.17, 15) is 13.8 Å². The second-order valence-electron chi connectivity index (χ2n) is 7.99. The van der Waals surface area contributed by atoms with Crippen LogP contribution in [0.4, 0.5) is 10.5 Å². The molecule has 2 heterocycles. The number of amides is 3. The largest absolute Gasteiger partial charge is 0.459 e. The Morgan fingerprint density at radius 1 is 1.07 bits per heavy atom. The fourth-order valence-electron chi connectivity index (χ4n) is 2.98. The Hall–Kier alpha value is -2.61. The molecule has 2 aromatic rings. The van der Waals surface area contributed by atoms with Gasteiger partial charge in [-0.25, -0.2) is 4.79 Å². The van der Waals surface area contributed by atoms with Crippen molar-refractivity contribution in [2.24, 2.45) is 0 Å². The van der Waals surface area contributed by atoms with Gasteiger partial charge in [-0.1, -0.05) is 12.1 Å². The highest BCUT2D eigenvalue weighted by atomic mass is 32.2. The highest BCUT2D eigenvalue weighted by Crippen LogP contribution is 2.19. The van der Waals surface area contributed by atoms with Gasteiger partial charge >= 0.3 is 6.03 Å². The summed E-state index contributed by atoms with van der Waals surface area (Å²) in [6.45, 7) is 7.66. The van der Waals surface area contributed by atoms with E-state index >= 15 is 0 Å². The van der Waals surface area contributed by atoms with Crippen LogP contribution in [0, 0.1) is 0 Å². The average molecular weight is 418 g/mol. The molecule has 156 valence electrons. The number of piperazine rings is 1. The van der Waals surface area contributed by atoms with E-state index in [1.165, 1.54) is 6.26 Å². The minimum atomic E-state index is -1.00. The summed E-state index contributed by atoms with van der Waals surface area (Å²) in [6, 6.07) is 10.6. The third-order valence-corrected chi connectivity index (χ3v) is 6.71. The lowest BCUT2D eigenvalue weighted by molar-refractivity contribution is 0.0640. The Labute approximate surface area is 173 Å². The van der Waals surface area contributed by atoms with Gasteiger partial charge in [-0.15, -0.1) is 0 Å². The summed E-state index contributed by atoms with van der Waals surface area (Å²) in [5, 5.41) is 2.90. The molecule has 1 aliphatic heterocycles. The van der Waals surface area contributed by atoms with Gasteiger partial charge in [-0.3, -0.25) is 9.00 Å². The van der Waals surface area contributed by atoms with Crippen molar-refractivity contribution in [3.8, 4) is 0 Å². The molecule has 0 spiro atoms. The molecule has 1 atom stereocenters. The number of hydrogen-bond acceptors (Lipinski definition) is 4. The normalized spacial score (nSPS) is 15.8. The van der Waals surface area contributed by atoms with Crippen LogP contribution in [0.15, 0.2) is 47.1 Å². The smallest absolute Gasteiger partial charge is 0.321 e. The van der Waals surface area contributed by atoms with Crippen molar-refractivity contribution < 1.29 is 18.2 Å². The molecule has 1 N–H and O–H groups in total. The van der Waals surface area contributed by atoms with Crippen molar-refractivity contribution in [1.82, 2.24) is 9.80 Å². The average Bonchev–Trinajstić information content (AvgIpc) is 3.22. The summed E-state index contributed by atoms with van der Waals surface area (Å²) in [4.78, 5) is 28.3. The molecule has 7 nitrogen and oxygen atoms in total. The van der Waals surface area contributed by atoms with E-state index in [0.29, 0.717) is 43.4 Å². The molecular weight excluding hydrogens is 390 g/mol. The van der Waals surface area contributed by atoms with E-state index in [1.807, 2.05) is 45.0 Å². The van der Waals surface area contributed by atoms with Gasteiger partial charge in [0, 0.05) is 53.2 Å². The first-order valence-corrected chi connectivity index (χ1v) is 10.9. The second-order valence-corrected chi connectivity index (χ2v) is 10.2. The van der Waals surface area contributed by atoms with Crippen molar-refractivity contribution in [2.45, 2.75) is 31.3 Å². The molecule has 3 amide bonds. The van der Waals surface area contributed by atoms with E-state index in [0.717, 1.165) is 5.56 Å². The number of carbonyl (C=O) groups excluding carboxylic acids is 2. The molecule has 1 unspecified atom stereocenters. The summed E-state index contributed by atoms with van der Waals surface area (Å²) in [7, 11) is -1.00. The van der Waals surface area contributed by atoms with Crippen LogP contribution in [0.5, 0.6) is 0 Å². The molecule has 0 bridgehead atoms. The van der Waals surface area contributed by atoms with E-state index in [4.69, 9.17) is 4.42 Å². The van der Waals surface area contributed by atoms with Crippen LogP contribution >= 0.6 is 0 Å². The van der Waals surface area contributed by atoms with Gasteiger partial charge < -0.3 is 19.5 Å². The van der Waals surface area contributed by atoms with E-state index in [1.54, 1.807) is 21.9 Å². The maximum Gasteiger partial charge on any atom is 0.321 e. The maximum atomic E-state index is 12.6. The zero-order valence-electron chi connectivity index (χ0n) is 17.0. The Bertz CT molecular complexity index is 882. The number of benzene rings is 1. The molecule has 8 heteroatoms. The lowest BCUT2D eigenvalue weighted by Crippen LogP contribution is -2.51. The minimum absolute atomic E-state index is 0.158. The Kier molecular flexibility index (Phi) is 6.42. The van der Waals surface area contributed by atoms with Crippen molar-refractivity contribution in [2.75, 3.05) is 31.5 Å². The van der Waals surface area contributed by atoms with Crippen LogP contribution in [0.1, 0.15) is 36.9 Å². The fraction of sp³-hybridized carbons (Fsp3) is 0.429. The standard InChI is InChI=1S/C21H27N3O4S/c1-21(2,3)29(27)15-16-6-4-7-17(14-16)22-20(26)24-11-9-23(10-12-24)19(25)18-8-5-13-28-18/h4-8,13-14H,9-12,15H2,1-3H3,(H,22,26). The molecule has 1 saturated heterocycles. The Balaban J connectivity index is 1.54. The van der Waals surface area contributed by atoms with Crippen molar-refractivity contribution >= 4 is 28.4 Å². The lowest BCUT2D eigenvalue weighted by Gasteiger charge is -2.34. The molecule has 0 radical (unpaired) electrons. The molecule has 1 fully saturated rings. The molecule has 1 aromatic carbocycles. The van der Waals surface area contributed by atoms with Crippen molar-refractivity contribution in [1.29, 1.82) is 0 Å². The molecule has 0 aliphatic carbocycles. The Morgan fingerprint density at radius 3 is 2.38 bits per heavy atom. The number of urea groups is 1. The predicted octanol–water partition coefficient (Wildman–Crippen LogP) is 3.32. The number of nitrogens with one attached hydrogen (secondary N) is 1. The van der Waals surface area contributed by atoms with E-state index < -0.39 is 10.8 Å². The Morgan fingerprint density at radius 2 is 1.76 bits per heavy atom. The molecular formula is C21H27N3O4S. The van der Waals surface area contributed by atoms with E-state index in [-0.39, 0.29) is 16.7 Å². The molecule has 3 rings (SSSR count). The van der Waals surface area contributed by atoms with Crippen LogP contribution in [0.2, 0.25) is 0 Å². The second kappa shape index (κ2) is 8.82. The maximum absolute atomic E-state index is 12.6. The quantitative estimate of drug-likeness (QED) is 0.827. The summed E-state index contributed by atoms with van der Waals surface area (Å²) in [5.41, 5.74) is 1.59. The summed E-state index contributed by atoms with van der Waals surface area (Å²) >= 11 is 0. The van der Waals surface area contributed by atoms with Gasteiger partial charge in [0.1, 0.15) is 0 Å². The predicted molar refractivity (Wildman–Crippen MR) is 113 cm³/mol. The number of carbonyl (C=O) groups is 2. The number of rotatable bonds is 4. The fourth-order valence-corrected chi connectivity index (χ4v) is 3.89. The first-order valence-electron chi connectivity index (χ1n) is 9.60. The van der Waals surface area contributed by atoms with Crippen LogP contribution in [0.3, 0.4) is 0 Å². The molecule has 1 aromatic heterocycles. The SMILES string of the molecule is CC(C)(C)S(=O)Cc1cccc(NC(=O)N2CCN(C(=O)c3ccco3)CC2)c1. The highest BCUT2D eigenvalue weighted by Gasteiger charge is 2.26. The minimum Gasteiger partial charge on any atom is -0.459 e. The number of nitrogens with zero attached hydrogens (tertiary/aromatic N) is 2. The number of furan rings is 1. The first kappa shape index (κ1) is 21.1. The number of anilines is 1. The summed E-state index contributed by atoms with van der Waals surface area (Å²) in [6.07, 6.45) is 1.47. The zero-order chi connectivity index (χ0) is 21.0. The van der Waals surface area contributed by atoms with E-state index in [2.05, 4.69) is 5.32 Å². The lowest BCUT2D eigenvalue weighted by atomic mass is 10.2. The van der Waals surface area contributed by atoms with Crippen molar-refractivity contribution in [3.63, 3.8) is 0 Å². The van der Waals surface area contributed by atoms with Gasteiger partial charge in [-0.05, 0) is 50.6 Å². The third kappa shape index (κ3) is 5.47. The van der Waals surface area contributed by atoms with Crippen LogP contribution in [-0.4, -0.2) is 56.9 Å². The van der Waals surface area contributed by atoms with Gasteiger partial charge in [0.15, 0.2) is 5.76 Å². The van der Waals surface area contributed by atoms with Gasteiger partial charge in [0.05, 0.1) is 6.26 Å². The topological polar surface area (TPSA) is 82.9 Å². The van der Waals surface area contributed by atoms with Crippen LogP contribution in [0.25, 0.3) is 0 Å². The first-order chi connectivity index (χ1) is 13.7. The van der Waals surface area contributed by atoms with Crippen molar-refractivity contribution in [3.05, 3.63) is 54.0 Å². The van der Waals surface area contributed by atoms with Gasteiger partial charge in [0.25, 0.3) is 5.91 Å². The summed E-state index contributed by atoms with van der Waals surface area (Å²) < 4.78 is 17.2. The highest BCUT2D eigenvalue weighted by molar-refractivity contribution is 7.85. The number of hydrogen-bond donors (Lipinski definition) is 1. The third-order valence-electron chi connectivity index (χ3n) is 4.75. The zero-order valence-corrected chi connectivity index (χ0v) is 17.8. The van der Waals surface area contributed by atoms with Crippen LogP contribution < -0.4 is 5.32 Å². The van der Waals surface area contributed by atoms with Gasteiger partial charge in [0.2, 0.25) is 0 Å². The molecule has 0 saturated carbocycles. The summed E-state index contributed by atoms with van der Waals surface area (Å²) in [5.74, 6) is 0.600. The van der Waals surface area contributed by atoms with Crippen LogP contribution in [-0.2, 0) is 16.6 Å². The van der Waals surface area contributed by atoms with Gasteiger partial charge in [-0.2, -0.15) is 0 Å². The molecule has 29 heavy (non-hydrogen) atoms. The monoisotopic (exact) mass is 417 g/mol. The molecule has 1 aliphatic rings.